The lowest BCUT2D eigenvalue weighted by Gasteiger charge is -2.41. The molecule has 7 nitrogen and oxygen atoms in total. The van der Waals surface area contributed by atoms with Gasteiger partial charge in [-0.1, -0.05) is 12.1 Å². The molecule has 2 fully saturated rings. The van der Waals surface area contributed by atoms with Crippen LogP contribution in [0.1, 0.15) is 40.0 Å². The summed E-state index contributed by atoms with van der Waals surface area (Å²) >= 11 is 0. The van der Waals surface area contributed by atoms with Crippen LogP contribution in [0.15, 0.2) is 48.8 Å². The molecule has 2 saturated heterocycles. The number of aromatic nitrogens is 1. The zero-order valence-electron chi connectivity index (χ0n) is 15.5. The Kier molecular flexibility index (Phi) is 3.87. The third-order valence-corrected chi connectivity index (χ3v) is 6.04. The predicted octanol–water partition coefficient (Wildman–Crippen LogP) is 2.03. The SMILES string of the molecule is O=C1NC2(COC3(CCN(C(=O)c4ccncc4)CC3)C2)Nc2ccccc21. The van der Waals surface area contributed by atoms with E-state index < -0.39 is 5.66 Å². The van der Waals surface area contributed by atoms with E-state index in [1.165, 1.54) is 0 Å². The normalized spacial score (nSPS) is 25.3. The van der Waals surface area contributed by atoms with Crippen molar-refractivity contribution in [2.75, 3.05) is 25.0 Å². The highest BCUT2D eigenvalue weighted by Crippen LogP contribution is 2.42. The number of nitrogens with one attached hydrogen (secondary N) is 2. The zero-order chi connectivity index (χ0) is 19.2. The molecular weight excluding hydrogens is 356 g/mol. The van der Waals surface area contributed by atoms with E-state index >= 15 is 0 Å². The fourth-order valence-corrected chi connectivity index (χ4v) is 4.57. The Morgan fingerprint density at radius 2 is 1.82 bits per heavy atom. The van der Waals surface area contributed by atoms with E-state index in [2.05, 4.69) is 15.6 Å². The van der Waals surface area contributed by atoms with Crippen molar-refractivity contribution in [1.29, 1.82) is 0 Å². The Balaban J connectivity index is 1.28. The lowest BCUT2D eigenvalue weighted by molar-refractivity contribution is -0.0393. The lowest BCUT2D eigenvalue weighted by Crippen LogP contribution is -2.59. The minimum absolute atomic E-state index is 0.0305. The van der Waals surface area contributed by atoms with Crippen molar-refractivity contribution in [1.82, 2.24) is 15.2 Å². The Bertz CT molecular complexity index is 924. The number of benzene rings is 1. The number of ether oxygens (including phenoxy) is 1. The Hall–Kier alpha value is -2.93. The van der Waals surface area contributed by atoms with Crippen LogP contribution in [0.25, 0.3) is 0 Å². The van der Waals surface area contributed by atoms with Crippen molar-refractivity contribution < 1.29 is 14.3 Å². The van der Waals surface area contributed by atoms with Gasteiger partial charge in [0, 0.05) is 43.2 Å². The maximum absolute atomic E-state index is 12.7. The minimum Gasteiger partial charge on any atom is -0.370 e. The van der Waals surface area contributed by atoms with Crippen LogP contribution in [0.3, 0.4) is 0 Å². The Morgan fingerprint density at radius 3 is 2.61 bits per heavy atom. The summed E-state index contributed by atoms with van der Waals surface area (Å²) in [5, 5.41) is 6.61. The molecule has 2 N–H and O–H groups in total. The summed E-state index contributed by atoms with van der Waals surface area (Å²) in [6, 6.07) is 11.0. The van der Waals surface area contributed by atoms with Gasteiger partial charge in [-0.2, -0.15) is 0 Å². The average molecular weight is 378 g/mol. The first-order chi connectivity index (χ1) is 13.6. The third-order valence-electron chi connectivity index (χ3n) is 6.04. The highest BCUT2D eigenvalue weighted by Gasteiger charge is 2.53. The summed E-state index contributed by atoms with van der Waals surface area (Å²) in [5.41, 5.74) is 1.27. The first-order valence-electron chi connectivity index (χ1n) is 9.61. The van der Waals surface area contributed by atoms with Gasteiger partial charge >= 0.3 is 0 Å². The van der Waals surface area contributed by atoms with E-state index in [1.54, 1.807) is 24.5 Å². The van der Waals surface area contributed by atoms with Gasteiger partial charge in [0.1, 0.15) is 5.66 Å². The Morgan fingerprint density at radius 1 is 1.07 bits per heavy atom. The van der Waals surface area contributed by atoms with Crippen molar-refractivity contribution in [2.24, 2.45) is 0 Å². The molecule has 1 unspecified atom stereocenters. The number of amides is 2. The third kappa shape index (κ3) is 2.82. The highest BCUT2D eigenvalue weighted by atomic mass is 16.5. The fourth-order valence-electron chi connectivity index (χ4n) is 4.57. The van der Waals surface area contributed by atoms with Gasteiger partial charge in [0.2, 0.25) is 0 Å². The molecule has 1 atom stereocenters. The van der Waals surface area contributed by atoms with E-state index in [4.69, 9.17) is 4.74 Å². The lowest BCUT2D eigenvalue weighted by atomic mass is 9.84. The van der Waals surface area contributed by atoms with Gasteiger partial charge in [0.25, 0.3) is 11.8 Å². The number of hydrogen-bond donors (Lipinski definition) is 2. The topological polar surface area (TPSA) is 83.6 Å². The standard InChI is InChI=1S/C21H22N4O3/c26-18-16-3-1-2-4-17(16)23-21(24-18)13-20(28-14-21)7-11-25(12-8-20)19(27)15-5-9-22-10-6-15/h1-6,9-10,23H,7-8,11-14H2,(H,24,26). The van der Waals surface area contributed by atoms with Crippen LogP contribution in [0.2, 0.25) is 0 Å². The van der Waals surface area contributed by atoms with E-state index in [0.29, 0.717) is 37.2 Å². The summed E-state index contributed by atoms with van der Waals surface area (Å²) in [5.74, 6) is -0.0386. The van der Waals surface area contributed by atoms with Gasteiger partial charge < -0.3 is 20.3 Å². The molecule has 1 aromatic heterocycles. The van der Waals surface area contributed by atoms with E-state index in [1.807, 2.05) is 29.2 Å². The molecule has 2 spiro atoms. The van der Waals surface area contributed by atoms with E-state index in [-0.39, 0.29) is 17.4 Å². The number of para-hydroxylation sites is 1. The molecule has 28 heavy (non-hydrogen) atoms. The molecule has 3 aliphatic heterocycles. The molecule has 0 radical (unpaired) electrons. The molecule has 2 aromatic rings. The molecule has 5 rings (SSSR count). The van der Waals surface area contributed by atoms with Crippen molar-refractivity contribution in [3.63, 3.8) is 0 Å². The number of nitrogens with zero attached hydrogens (tertiary/aromatic N) is 2. The largest absolute Gasteiger partial charge is 0.370 e. The van der Waals surface area contributed by atoms with Gasteiger partial charge in [-0.3, -0.25) is 14.6 Å². The monoisotopic (exact) mass is 378 g/mol. The molecule has 4 heterocycles. The van der Waals surface area contributed by atoms with Crippen molar-refractivity contribution in [3.8, 4) is 0 Å². The van der Waals surface area contributed by atoms with Gasteiger partial charge in [-0.05, 0) is 37.1 Å². The number of anilines is 1. The predicted molar refractivity (Wildman–Crippen MR) is 103 cm³/mol. The molecule has 3 aliphatic rings. The quantitative estimate of drug-likeness (QED) is 0.793. The second-order valence-corrected chi connectivity index (χ2v) is 7.88. The van der Waals surface area contributed by atoms with Gasteiger partial charge in [0.05, 0.1) is 17.8 Å². The fraction of sp³-hybridized carbons (Fsp3) is 0.381. The number of piperidine rings is 1. The van der Waals surface area contributed by atoms with Gasteiger partial charge in [0.15, 0.2) is 0 Å². The molecular formula is C21H22N4O3. The zero-order valence-corrected chi connectivity index (χ0v) is 15.5. The Labute approximate surface area is 163 Å². The second-order valence-electron chi connectivity index (χ2n) is 7.88. The number of rotatable bonds is 1. The summed E-state index contributed by atoms with van der Waals surface area (Å²) < 4.78 is 6.25. The maximum atomic E-state index is 12.7. The maximum Gasteiger partial charge on any atom is 0.255 e. The van der Waals surface area contributed by atoms with Crippen LogP contribution < -0.4 is 10.6 Å². The van der Waals surface area contributed by atoms with Crippen LogP contribution in [0.4, 0.5) is 5.69 Å². The highest BCUT2D eigenvalue weighted by molar-refractivity contribution is 6.02. The van der Waals surface area contributed by atoms with Crippen LogP contribution in [0.5, 0.6) is 0 Å². The van der Waals surface area contributed by atoms with Crippen LogP contribution in [-0.4, -0.2) is 52.7 Å². The molecule has 1 aromatic carbocycles. The minimum atomic E-state index is -0.581. The smallest absolute Gasteiger partial charge is 0.255 e. The summed E-state index contributed by atoms with van der Waals surface area (Å²) in [6.07, 6.45) is 5.47. The van der Waals surface area contributed by atoms with Crippen LogP contribution in [-0.2, 0) is 4.74 Å². The number of fused-ring (bicyclic) bond motifs is 1. The van der Waals surface area contributed by atoms with Crippen molar-refractivity contribution in [2.45, 2.75) is 30.5 Å². The number of carbonyl (C=O) groups excluding carboxylic acids is 2. The van der Waals surface area contributed by atoms with Crippen LogP contribution >= 0.6 is 0 Å². The second kappa shape index (κ2) is 6.31. The average Bonchev–Trinajstić information content (AvgIpc) is 3.05. The van der Waals surface area contributed by atoms with Crippen molar-refractivity contribution in [3.05, 3.63) is 59.9 Å². The first kappa shape index (κ1) is 17.2. The van der Waals surface area contributed by atoms with E-state index in [0.717, 1.165) is 18.5 Å². The van der Waals surface area contributed by atoms with Gasteiger partial charge in [-0.15, -0.1) is 0 Å². The number of hydrogen-bond acceptors (Lipinski definition) is 5. The summed E-state index contributed by atoms with van der Waals surface area (Å²) in [7, 11) is 0. The first-order valence-corrected chi connectivity index (χ1v) is 9.61. The molecule has 2 amide bonds. The molecule has 7 heteroatoms. The number of carbonyl (C=O) groups is 2. The van der Waals surface area contributed by atoms with Crippen molar-refractivity contribution >= 4 is 17.5 Å². The molecule has 0 bridgehead atoms. The van der Waals surface area contributed by atoms with Gasteiger partial charge in [-0.25, -0.2) is 0 Å². The number of likely N-dealkylation sites (tertiary alicyclic amines) is 1. The van der Waals surface area contributed by atoms with E-state index in [9.17, 15) is 9.59 Å². The number of pyridine rings is 1. The van der Waals surface area contributed by atoms with Crippen LogP contribution in [0, 0.1) is 0 Å². The molecule has 0 saturated carbocycles. The molecule has 0 aliphatic carbocycles. The summed E-state index contributed by atoms with van der Waals surface area (Å²) in [6.45, 7) is 1.70. The molecule has 144 valence electrons. The summed E-state index contributed by atoms with van der Waals surface area (Å²) in [4.78, 5) is 31.1.